The van der Waals surface area contributed by atoms with Crippen molar-refractivity contribution in [2.24, 2.45) is 0 Å². The van der Waals surface area contributed by atoms with Gasteiger partial charge in [0.25, 0.3) is 5.91 Å². The molecule has 0 bridgehead atoms. The van der Waals surface area contributed by atoms with Crippen LogP contribution in [0.1, 0.15) is 24.3 Å². The number of nitrogens with zero attached hydrogens (tertiary/aromatic N) is 2. The highest BCUT2D eigenvalue weighted by Crippen LogP contribution is 2.10. The van der Waals surface area contributed by atoms with Crippen LogP contribution in [0.25, 0.3) is 0 Å². The minimum absolute atomic E-state index is 0.0623. The monoisotopic (exact) mass is 283 g/mol. The lowest BCUT2D eigenvalue weighted by molar-refractivity contribution is 0.0767. The van der Waals surface area contributed by atoms with Crippen LogP contribution < -0.4 is 5.32 Å². The van der Waals surface area contributed by atoms with Crippen LogP contribution in [0.3, 0.4) is 0 Å². The van der Waals surface area contributed by atoms with E-state index in [1.807, 2.05) is 13.8 Å². The van der Waals surface area contributed by atoms with Gasteiger partial charge < -0.3 is 10.2 Å². The van der Waals surface area contributed by atoms with Crippen molar-refractivity contribution in [3.63, 3.8) is 0 Å². The summed E-state index contributed by atoms with van der Waals surface area (Å²) in [5.41, 5.74) is 1.27. The standard InChI is InChI=1S/C13H21N3O2S/c1-4-16(5-2)13(17)12-10-11(6-7-15-12)14-8-9-19(3)18/h6-7,10H,4-5,8-9H2,1-3H3,(H,14,15). The molecule has 1 N–H and O–H groups in total. The average molecular weight is 283 g/mol. The number of amides is 1. The van der Waals surface area contributed by atoms with Crippen LogP contribution in [0, 0.1) is 0 Å². The summed E-state index contributed by atoms with van der Waals surface area (Å²) in [6.07, 6.45) is 3.28. The van der Waals surface area contributed by atoms with Gasteiger partial charge in [-0.3, -0.25) is 14.0 Å². The Morgan fingerprint density at radius 2 is 2.11 bits per heavy atom. The van der Waals surface area contributed by atoms with Crippen LogP contribution in [0.5, 0.6) is 0 Å². The average Bonchev–Trinajstić information content (AvgIpc) is 2.40. The predicted octanol–water partition coefficient (Wildman–Crippen LogP) is 1.35. The molecule has 19 heavy (non-hydrogen) atoms. The minimum atomic E-state index is -0.817. The summed E-state index contributed by atoms with van der Waals surface area (Å²) < 4.78 is 11.0. The molecule has 1 heterocycles. The number of hydrogen-bond donors (Lipinski definition) is 1. The second-order valence-corrected chi connectivity index (χ2v) is 5.67. The van der Waals surface area contributed by atoms with Crippen LogP contribution in [0.15, 0.2) is 18.3 Å². The summed E-state index contributed by atoms with van der Waals surface area (Å²) in [5, 5.41) is 3.14. The van der Waals surface area contributed by atoms with Crippen molar-refractivity contribution in [3.05, 3.63) is 24.0 Å². The van der Waals surface area contributed by atoms with Crippen molar-refractivity contribution in [2.75, 3.05) is 37.0 Å². The van der Waals surface area contributed by atoms with E-state index in [2.05, 4.69) is 10.3 Å². The zero-order valence-corrected chi connectivity index (χ0v) is 12.5. The third kappa shape index (κ3) is 4.98. The largest absolute Gasteiger partial charge is 0.384 e. The molecule has 0 fully saturated rings. The molecule has 1 amide bonds. The van der Waals surface area contributed by atoms with Crippen LogP contribution in [0.4, 0.5) is 5.69 Å². The first-order valence-corrected chi connectivity index (χ1v) is 8.10. The molecule has 1 aromatic heterocycles. The highest BCUT2D eigenvalue weighted by molar-refractivity contribution is 7.84. The van der Waals surface area contributed by atoms with Gasteiger partial charge in [-0.1, -0.05) is 0 Å². The summed E-state index contributed by atoms with van der Waals surface area (Å²) in [7, 11) is -0.817. The van der Waals surface area contributed by atoms with E-state index in [9.17, 15) is 9.00 Å². The molecular formula is C13H21N3O2S. The molecule has 106 valence electrons. The first-order chi connectivity index (χ1) is 9.08. The number of pyridine rings is 1. The Kier molecular flexibility index (Phi) is 6.49. The molecule has 1 aromatic rings. The van der Waals surface area contributed by atoms with Crippen molar-refractivity contribution in [2.45, 2.75) is 13.8 Å². The normalized spacial score (nSPS) is 11.9. The highest BCUT2D eigenvalue weighted by atomic mass is 32.2. The number of hydrogen-bond acceptors (Lipinski definition) is 4. The number of nitrogens with one attached hydrogen (secondary N) is 1. The van der Waals surface area contributed by atoms with Gasteiger partial charge in [0.2, 0.25) is 0 Å². The van der Waals surface area contributed by atoms with Gasteiger partial charge in [0, 0.05) is 54.3 Å². The van der Waals surface area contributed by atoms with E-state index in [1.165, 1.54) is 0 Å². The fourth-order valence-corrected chi connectivity index (χ4v) is 2.06. The summed E-state index contributed by atoms with van der Waals surface area (Å²) in [4.78, 5) is 18.0. The molecule has 0 saturated carbocycles. The van der Waals surface area contributed by atoms with Gasteiger partial charge in [-0.05, 0) is 26.0 Å². The summed E-state index contributed by atoms with van der Waals surface area (Å²) in [5.74, 6) is 0.523. The van der Waals surface area contributed by atoms with Gasteiger partial charge >= 0.3 is 0 Å². The maximum Gasteiger partial charge on any atom is 0.272 e. The van der Waals surface area contributed by atoms with Crippen LogP contribution in [-0.2, 0) is 10.8 Å². The smallest absolute Gasteiger partial charge is 0.272 e. The highest BCUT2D eigenvalue weighted by Gasteiger charge is 2.13. The molecular weight excluding hydrogens is 262 g/mol. The van der Waals surface area contributed by atoms with E-state index in [0.717, 1.165) is 5.69 Å². The molecule has 0 saturated heterocycles. The molecule has 0 radical (unpaired) electrons. The van der Waals surface area contributed by atoms with Crippen molar-refractivity contribution in [1.29, 1.82) is 0 Å². The van der Waals surface area contributed by atoms with Gasteiger partial charge in [0.05, 0.1) is 0 Å². The van der Waals surface area contributed by atoms with Crippen molar-refractivity contribution in [1.82, 2.24) is 9.88 Å². The van der Waals surface area contributed by atoms with Gasteiger partial charge in [-0.15, -0.1) is 0 Å². The zero-order chi connectivity index (χ0) is 14.3. The van der Waals surface area contributed by atoms with Gasteiger partial charge in [-0.25, -0.2) is 0 Å². The first-order valence-electron chi connectivity index (χ1n) is 6.37. The molecule has 6 heteroatoms. The van der Waals surface area contributed by atoms with E-state index in [4.69, 9.17) is 0 Å². The summed E-state index contributed by atoms with van der Waals surface area (Å²) >= 11 is 0. The first kappa shape index (κ1) is 15.6. The molecule has 1 atom stereocenters. The maximum atomic E-state index is 12.1. The van der Waals surface area contributed by atoms with Crippen molar-refractivity contribution < 1.29 is 9.00 Å². The number of rotatable bonds is 7. The third-order valence-corrected chi connectivity index (χ3v) is 3.53. The van der Waals surface area contributed by atoms with Gasteiger partial charge in [-0.2, -0.15) is 0 Å². The molecule has 1 unspecified atom stereocenters. The second-order valence-electron chi connectivity index (χ2n) is 4.11. The summed E-state index contributed by atoms with van der Waals surface area (Å²) in [6.45, 7) is 5.85. The minimum Gasteiger partial charge on any atom is -0.384 e. The predicted molar refractivity (Wildman–Crippen MR) is 78.9 cm³/mol. The van der Waals surface area contributed by atoms with Gasteiger partial charge in [0.1, 0.15) is 5.69 Å². The van der Waals surface area contributed by atoms with Crippen LogP contribution in [0.2, 0.25) is 0 Å². The van der Waals surface area contributed by atoms with E-state index in [-0.39, 0.29) is 5.91 Å². The van der Waals surface area contributed by atoms with Crippen LogP contribution in [-0.4, -0.2) is 51.6 Å². The number of aromatic nitrogens is 1. The molecule has 5 nitrogen and oxygen atoms in total. The van der Waals surface area contributed by atoms with E-state index in [0.29, 0.717) is 31.1 Å². The molecule has 0 aliphatic rings. The fourth-order valence-electron chi connectivity index (χ4n) is 1.67. The fraction of sp³-hybridized carbons (Fsp3) is 0.538. The Balaban J connectivity index is 2.71. The van der Waals surface area contributed by atoms with Crippen molar-refractivity contribution in [3.8, 4) is 0 Å². The number of carbonyl (C=O) groups excluding carboxylic acids is 1. The third-order valence-electron chi connectivity index (χ3n) is 2.75. The lowest BCUT2D eigenvalue weighted by atomic mass is 10.2. The Morgan fingerprint density at radius 3 is 2.68 bits per heavy atom. The summed E-state index contributed by atoms with van der Waals surface area (Å²) in [6, 6.07) is 3.54. The molecule has 0 aliphatic carbocycles. The van der Waals surface area contributed by atoms with Crippen molar-refractivity contribution >= 4 is 22.4 Å². The van der Waals surface area contributed by atoms with E-state index in [1.54, 1.807) is 29.5 Å². The zero-order valence-electron chi connectivity index (χ0n) is 11.7. The van der Waals surface area contributed by atoms with Gasteiger partial charge in [0.15, 0.2) is 0 Å². The lowest BCUT2D eigenvalue weighted by Gasteiger charge is -2.18. The Labute approximate surface area is 116 Å². The van der Waals surface area contributed by atoms with E-state index >= 15 is 0 Å². The SMILES string of the molecule is CCN(CC)C(=O)c1cc(NCCS(C)=O)ccn1. The molecule has 1 rings (SSSR count). The molecule has 0 aromatic carbocycles. The Morgan fingerprint density at radius 1 is 1.42 bits per heavy atom. The molecule has 0 aliphatic heterocycles. The number of carbonyl (C=O) groups is 1. The van der Waals surface area contributed by atoms with E-state index < -0.39 is 10.8 Å². The quantitative estimate of drug-likeness (QED) is 0.820. The number of anilines is 1. The van der Waals surface area contributed by atoms with Crippen LogP contribution >= 0.6 is 0 Å². The lowest BCUT2D eigenvalue weighted by Crippen LogP contribution is -2.31. The Bertz CT molecular complexity index is 447. The molecule has 0 spiro atoms. The topological polar surface area (TPSA) is 62.3 Å². The second kappa shape index (κ2) is 7.89. The maximum absolute atomic E-state index is 12.1. The Hall–Kier alpha value is -1.43.